The second-order valence-corrected chi connectivity index (χ2v) is 18.8. The predicted octanol–water partition coefficient (Wildman–Crippen LogP) is 15.2. The number of hydrogen-bond donors (Lipinski definition) is 0. The van der Waals surface area contributed by atoms with Crippen LogP contribution in [-0.2, 0) is 21.7 Å². The van der Waals surface area contributed by atoms with Crippen molar-refractivity contribution in [1.29, 1.82) is 0 Å². The molecule has 5 aromatic rings. The number of rotatable bonds is 6. The predicted molar refractivity (Wildman–Crippen MR) is 223 cm³/mol. The second kappa shape index (κ2) is 13.9. The lowest BCUT2D eigenvalue weighted by molar-refractivity contribution is 0.589. The van der Waals surface area contributed by atoms with E-state index in [4.69, 9.17) is 11.6 Å². The molecule has 0 N–H and O–H groups in total. The maximum atomic E-state index is 6.46. The molecular formula is C46H54BrClN2. The zero-order valence-electron chi connectivity index (χ0n) is 32.0. The van der Waals surface area contributed by atoms with Gasteiger partial charge in [-0.05, 0) is 133 Å². The Morgan fingerprint density at radius 3 is 1.14 bits per heavy atom. The van der Waals surface area contributed by atoms with Gasteiger partial charge in [-0.25, -0.2) is 0 Å². The molecule has 0 radical (unpaired) electrons. The van der Waals surface area contributed by atoms with Crippen molar-refractivity contribution < 1.29 is 0 Å². The summed E-state index contributed by atoms with van der Waals surface area (Å²) in [5.74, 6) is 0. The van der Waals surface area contributed by atoms with Crippen molar-refractivity contribution in [2.24, 2.45) is 0 Å². The maximum absolute atomic E-state index is 6.46. The van der Waals surface area contributed by atoms with E-state index in [2.05, 4.69) is 206 Å². The van der Waals surface area contributed by atoms with Gasteiger partial charge in [0, 0.05) is 27.8 Å². The zero-order chi connectivity index (χ0) is 36.8. The van der Waals surface area contributed by atoms with Gasteiger partial charge in [0.2, 0.25) is 0 Å². The summed E-state index contributed by atoms with van der Waals surface area (Å²) in [5, 5.41) is 0.712. The molecule has 0 aromatic heterocycles. The molecule has 262 valence electrons. The molecule has 4 heteroatoms. The fraction of sp³-hybridized carbons (Fsp3) is 0.348. The van der Waals surface area contributed by atoms with Gasteiger partial charge in [-0.3, -0.25) is 0 Å². The average molecular weight is 750 g/mol. The smallest absolute Gasteiger partial charge is 0.0657 e. The highest BCUT2D eigenvalue weighted by molar-refractivity contribution is 9.10. The topological polar surface area (TPSA) is 6.48 Å². The molecule has 0 aliphatic rings. The summed E-state index contributed by atoms with van der Waals surface area (Å²) in [7, 11) is 0. The first kappa shape index (κ1) is 37.7. The molecule has 5 rings (SSSR count). The Bertz CT molecular complexity index is 1870. The van der Waals surface area contributed by atoms with Crippen molar-refractivity contribution in [2.45, 2.75) is 105 Å². The van der Waals surface area contributed by atoms with Crippen LogP contribution in [0.2, 0.25) is 5.02 Å². The average Bonchev–Trinajstić information content (AvgIpc) is 3.02. The molecule has 0 saturated heterocycles. The Hall–Kier alpha value is -3.53. The lowest BCUT2D eigenvalue weighted by atomic mass is 9.85. The third kappa shape index (κ3) is 8.32. The highest BCUT2D eigenvalue weighted by Crippen LogP contribution is 2.49. The van der Waals surface area contributed by atoms with Crippen molar-refractivity contribution in [1.82, 2.24) is 0 Å². The fourth-order valence-corrected chi connectivity index (χ4v) is 6.84. The molecule has 0 bridgehead atoms. The summed E-state index contributed by atoms with van der Waals surface area (Å²) in [6.07, 6.45) is 0. The van der Waals surface area contributed by atoms with Gasteiger partial charge in [0.15, 0.2) is 0 Å². The number of hydrogen-bond acceptors (Lipinski definition) is 2. The quantitative estimate of drug-likeness (QED) is 0.171. The molecule has 0 atom stereocenters. The molecule has 0 aliphatic carbocycles. The molecular weight excluding hydrogens is 696 g/mol. The van der Waals surface area contributed by atoms with Crippen molar-refractivity contribution >= 4 is 61.7 Å². The first-order valence-electron chi connectivity index (χ1n) is 17.7. The molecule has 50 heavy (non-hydrogen) atoms. The highest BCUT2D eigenvalue weighted by Gasteiger charge is 2.28. The van der Waals surface area contributed by atoms with Crippen molar-refractivity contribution in [2.75, 3.05) is 9.80 Å². The van der Waals surface area contributed by atoms with Gasteiger partial charge >= 0.3 is 0 Å². The van der Waals surface area contributed by atoms with E-state index >= 15 is 0 Å². The lowest BCUT2D eigenvalue weighted by Gasteiger charge is -2.34. The molecule has 0 saturated carbocycles. The number of benzene rings is 5. The van der Waals surface area contributed by atoms with E-state index in [0.717, 1.165) is 38.6 Å². The van der Waals surface area contributed by atoms with E-state index in [1.807, 2.05) is 12.1 Å². The van der Waals surface area contributed by atoms with Crippen LogP contribution in [0.15, 0.2) is 114 Å². The molecule has 0 aliphatic heterocycles. The first-order chi connectivity index (χ1) is 23.1. The van der Waals surface area contributed by atoms with Crippen LogP contribution in [0.3, 0.4) is 0 Å². The summed E-state index contributed by atoms with van der Waals surface area (Å²) >= 11 is 10.7. The van der Waals surface area contributed by atoms with Crippen LogP contribution in [0.1, 0.15) is 105 Å². The van der Waals surface area contributed by atoms with Crippen LogP contribution in [0, 0.1) is 0 Å². The van der Waals surface area contributed by atoms with Gasteiger partial charge in [0.1, 0.15) is 0 Å². The largest absolute Gasteiger partial charge is 0.309 e. The van der Waals surface area contributed by atoms with Gasteiger partial charge in [-0.1, -0.05) is 131 Å². The standard InChI is InChI=1S/C46H54BrClN2/c1-43(2,3)31-16-22-36(23-17-31)49(37-24-18-32(19-25-37)44(4,5)6)40-29-34(46(10,11)12)30-41(42(40)47)50(38-26-20-35(48)21-27-38)39-15-13-14-33(28-39)45(7,8)9/h13-30H,1-12H3. The van der Waals surface area contributed by atoms with Gasteiger partial charge in [-0.15, -0.1) is 0 Å². The zero-order valence-corrected chi connectivity index (χ0v) is 34.4. The molecule has 5 aromatic carbocycles. The first-order valence-corrected chi connectivity index (χ1v) is 18.8. The van der Waals surface area contributed by atoms with Crippen LogP contribution in [0.25, 0.3) is 0 Å². The Morgan fingerprint density at radius 2 is 0.760 bits per heavy atom. The van der Waals surface area contributed by atoms with Crippen LogP contribution in [0.4, 0.5) is 34.1 Å². The molecule has 0 amide bonds. The SMILES string of the molecule is CC(C)(C)c1ccc(N(c2ccc(C(C)(C)C)cc2)c2cc(C(C)(C)C)cc(N(c3ccc(Cl)cc3)c3cccc(C(C)(C)C)c3)c2Br)cc1. The second-order valence-electron chi connectivity index (χ2n) is 17.6. The minimum Gasteiger partial charge on any atom is -0.309 e. The monoisotopic (exact) mass is 748 g/mol. The number of nitrogens with zero attached hydrogens (tertiary/aromatic N) is 2. The van der Waals surface area contributed by atoms with Crippen LogP contribution < -0.4 is 9.80 Å². The fourth-order valence-electron chi connectivity index (χ4n) is 6.13. The van der Waals surface area contributed by atoms with E-state index in [-0.39, 0.29) is 21.7 Å². The minimum atomic E-state index is -0.124. The Labute approximate surface area is 315 Å². The lowest BCUT2D eigenvalue weighted by Crippen LogP contribution is -2.19. The summed E-state index contributed by atoms with van der Waals surface area (Å²) < 4.78 is 1.00. The minimum absolute atomic E-state index is 0.00738. The third-order valence-corrected chi connectivity index (χ3v) is 10.5. The van der Waals surface area contributed by atoms with E-state index in [9.17, 15) is 0 Å². The molecule has 0 heterocycles. The molecule has 0 spiro atoms. The number of halogens is 2. The Morgan fingerprint density at radius 1 is 0.400 bits per heavy atom. The molecule has 2 nitrogen and oxygen atoms in total. The molecule has 0 unspecified atom stereocenters. The number of anilines is 6. The van der Waals surface area contributed by atoms with Crippen molar-refractivity contribution in [3.63, 3.8) is 0 Å². The van der Waals surface area contributed by atoms with Gasteiger partial charge in [0.25, 0.3) is 0 Å². The van der Waals surface area contributed by atoms with E-state index in [0.29, 0.717) is 5.02 Å². The highest BCUT2D eigenvalue weighted by atomic mass is 79.9. The summed E-state index contributed by atoms with van der Waals surface area (Å²) in [5.41, 5.74) is 11.6. The molecule has 0 fully saturated rings. The van der Waals surface area contributed by atoms with E-state index < -0.39 is 0 Å². The third-order valence-electron chi connectivity index (χ3n) is 9.42. The van der Waals surface area contributed by atoms with E-state index in [1.165, 1.54) is 22.3 Å². The Kier molecular flexibility index (Phi) is 10.5. The van der Waals surface area contributed by atoms with Crippen LogP contribution >= 0.6 is 27.5 Å². The summed E-state index contributed by atoms with van der Waals surface area (Å²) in [4.78, 5) is 4.76. The van der Waals surface area contributed by atoms with E-state index in [1.54, 1.807) is 0 Å². The van der Waals surface area contributed by atoms with Crippen molar-refractivity contribution in [3.8, 4) is 0 Å². The summed E-state index contributed by atoms with van der Waals surface area (Å²) in [6.45, 7) is 27.2. The Balaban J connectivity index is 1.84. The van der Waals surface area contributed by atoms with Crippen LogP contribution in [-0.4, -0.2) is 0 Å². The van der Waals surface area contributed by atoms with Gasteiger partial charge in [0.05, 0.1) is 15.8 Å². The van der Waals surface area contributed by atoms with Crippen LogP contribution in [0.5, 0.6) is 0 Å². The maximum Gasteiger partial charge on any atom is 0.0657 e. The van der Waals surface area contributed by atoms with Gasteiger partial charge in [-0.2, -0.15) is 0 Å². The van der Waals surface area contributed by atoms with Gasteiger partial charge < -0.3 is 9.80 Å². The summed E-state index contributed by atoms with van der Waals surface area (Å²) in [6, 6.07) is 39.9. The van der Waals surface area contributed by atoms with Crippen molar-refractivity contribution in [3.05, 3.63) is 141 Å². The normalized spacial score (nSPS) is 12.6.